The summed E-state index contributed by atoms with van der Waals surface area (Å²) in [5.74, 6) is 0.766. The van der Waals surface area contributed by atoms with Crippen LogP contribution in [0.15, 0.2) is 53.7 Å². The number of nitrogens with zero attached hydrogens (tertiary/aromatic N) is 2. The first-order valence-corrected chi connectivity index (χ1v) is 5.41. The predicted molar refractivity (Wildman–Crippen MR) is 69.1 cm³/mol. The van der Waals surface area contributed by atoms with Gasteiger partial charge in [-0.05, 0) is 31.2 Å². The molecule has 86 valence electrons. The standard InChI is InChI=1S/C14H14N2O/c1-11(12-7-5-6-10-15-12)16-13-8-3-4-9-14(13)17-2/h3-10H,1-2H3. The van der Waals surface area contributed by atoms with Crippen molar-refractivity contribution in [2.75, 3.05) is 7.11 Å². The van der Waals surface area contributed by atoms with Crippen LogP contribution in [0.5, 0.6) is 5.75 Å². The summed E-state index contributed by atoms with van der Waals surface area (Å²) in [4.78, 5) is 8.79. The van der Waals surface area contributed by atoms with E-state index in [0.29, 0.717) is 0 Å². The van der Waals surface area contributed by atoms with Crippen LogP contribution in [0.2, 0.25) is 0 Å². The Bertz CT molecular complexity index is 521. The summed E-state index contributed by atoms with van der Waals surface area (Å²) >= 11 is 0. The highest BCUT2D eigenvalue weighted by molar-refractivity contribution is 5.98. The molecule has 0 N–H and O–H groups in total. The number of methoxy groups -OCH3 is 1. The Hall–Kier alpha value is -2.16. The van der Waals surface area contributed by atoms with Crippen LogP contribution in [0.25, 0.3) is 0 Å². The number of rotatable bonds is 3. The maximum Gasteiger partial charge on any atom is 0.144 e. The lowest BCUT2D eigenvalue weighted by Crippen LogP contribution is -1.97. The molecule has 0 atom stereocenters. The van der Waals surface area contributed by atoms with Crippen molar-refractivity contribution < 1.29 is 4.74 Å². The van der Waals surface area contributed by atoms with Crippen molar-refractivity contribution in [2.24, 2.45) is 4.99 Å². The summed E-state index contributed by atoms with van der Waals surface area (Å²) in [6, 6.07) is 13.5. The van der Waals surface area contributed by atoms with Gasteiger partial charge in [-0.2, -0.15) is 0 Å². The number of aromatic nitrogens is 1. The minimum absolute atomic E-state index is 0.766. The van der Waals surface area contributed by atoms with Gasteiger partial charge in [0.2, 0.25) is 0 Å². The second-order valence-electron chi connectivity index (χ2n) is 3.58. The second kappa shape index (κ2) is 5.25. The molecule has 2 rings (SSSR count). The monoisotopic (exact) mass is 226 g/mol. The lowest BCUT2D eigenvalue weighted by Gasteiger charge is -2.05. The van der Waals surface area contributed by atoms with Gasteiger partial charge in [0.15, 0.2) is 0 Å². The molecular weight excluding hydrogens is 212 g/mol. The molecule has 0 aliphatic rings. The quantitative estimate of drug-likeness (QED) is 0.753. The predicted octanol–water partition coefficient (Wildman–Crippen LogP) is 3.23. The summed E-state index contributed by atoms with van der Waals surface area (Å²) < 4.78 is 5.25. The maximum atomic E-state index is 5.25. The molecule has 0 saturated heterocycles. The van der Waals surface area contributed by atoms with Crippen LogP contribution in [0.1, 0.15) is 12.6 Å². The second-order valence-corrected chi connectivity index (χ2v) is 3.58. The molecule has 0 spiro atoms. The Balaban J connectivity index is 2.36. The Kier molecular flexibility index (Phi) is 3.50. The highest BCUT2D eigenvalue weighted by atomic mass is 16.5. The van der Waals surface area contributed by atoms with E-state index in [1.165, 1.54) is 0 Å². The molecule has 0 aliphatic heterocycles. The molecular formula is C14H14N2O. The van der Waals surface area contributed by atoms with E-state index in [1.807, 2.05) is 49.4 Å². The molecule has 1 aromatic heterocycles. The van der Waals surface area contributed by atoms with Gasteiger partial charge in [0.1, 0.15) is 11.4 Å². The minimum Gasteiger partial charge on any atom is -0.494 e. The normalized spacial score (nSPS) is 11.3. The number of pyridine rings is 1. The zero-order valence-electron chi connectivity index (χ0n) is 9.92. The molecule has 1 heterocycles. The van der Waals surface area contributed by atoms with Crippen molar-refractivity contribution in [2.45, 2.75) is 6.92 Å². The molecule has 0 saturated carbocycles. The first-order chi connectivity index (χ1) is 8.31. The maximum absolute atomic E-state index is 5.25. The summed E-state index contributed by atoms with van der Waals surface area (Å²) in [6.45, 7) is 1.94. The van der Waals surface area contributed by atoms with Gasteiger partial charge >= 0.3 is 0 Å². The summed E-state index contributed by atoms with van der Waals surface area (Å²) in [7, 11) is 1.64. The third-order valence-corrected chi connectivity index (χ3v) is 2.41. The number of ether oxygens (including phenoxy) is 1. The van der Waals surface area contributed by atoms with E-state index in [-0.39, 0.29) is 0 Å². The van der Waals surface area contributed by atoms with Gasteiger partial charge in [0, 0.05) is 6.20 Å². The summed E-state index contributed by atoms with van der Waals surface area (Å²) in [6.07, 6.45) is 1.76. The van der Waals surface area contributed by atoms with Crippen LogP contribution in [-0.2, 0) is 0 Å². The summed E-state index contributed by atoms with van der Waals surface area (Å²) in [5.41, 5.74) is 2.56. The highest BCUT2D eigenvalue weighted by Gasteiger charge is 2.02. The number of para-hydroxylation sites is 2. The number of hydrogen-bond donors (Lipinski definition) is 0. The van der Waals surface area contributed by atoms with E-state index in [9.17, 15) is 0 Å². The van der Waals surface area contributed by atoms with Crippen molar-refractivity contribution in [3.8, 4) is 5.75 Å². The number of benzene rings is 1. The largest absolute Gasteiger partial charge is 0.494 e. The first-order valence-electron chi connectivity index (χ1n) is 5.41. The Morgan fingerprint density at radius 1 is 1.12 bits per heavy atom. The van der Waals surface area contributed by atoms with E-state index in [0.717, 1.165) is 22.8 Å². The molecule has 0 aliphatic carbocycles. The first kappa shape index (κ1) is 11.3. The molecule has 0 fully saturated rings. The average Bonchev–Trinajstić information content (AvgIpc) is 2.40. The van der Waals surface area contributed by atoms with E-state index < -0.39 is 0 Å². The van der Waals surface area contributed by atoms with Crippen LogP contribution in [-0.4, -0.2) is 17.8 Å². The molecule has 0 bridgehead atoms. The van der Waals surface area contributed by atoms with Crippen LogP contribution in [0, 0.1) is 0 Å². The molecule has 0 radical (unpaired) electrons. The van der Waals surface area contributed by atoms with E-state index in [2.05, 4.69) is 9.98 Å². The smallest absolute Gasteiger partial charge is 0.144 e. The third-order valence-electron chi connectivity index (χ3n) is 2.41. The molecule has 1 aromatic carbocycles. The van der Waals surface area contributed by atoms with E-state index >= 15 is 0 Å². The van der Waals surface area contributed by atoms with Crippen LogP contribution in [0.4, 0.5) is 5.69 Å². The topological polar surface area (TPSA) is 34.5 Å². The SMILES string of the molecule is COc1ccccc1N=C(C)c1ccccn1. The van der Waals surface area contributed by atoms with Crippen LogP contribution < -0.4 is 4.74 Å². The molecule has 0 unspecified atom stereocenters. The van der Waals surface area contributed by atoms with Gasteiger partial charge in [-0.15, -0.1) is 0 Å². The van der Waals surface area contributed by atoms with Crippen LogP contribution in [0.3, 0.4) is 0 Å². The number of aliphatic imine (C=N–C) groups is 1. The zero-order valence-corrected chi connectivity index (χ0v) is 9.92. The number of hydrogen-bond acceptors (Lipinski definition) is 3. The van der Waals surface area contributed by atoms with E-state index in [1.54, 1.807) is 13.3 Å². The van der Waals surface area contributed by atoms with Gasteiger partial charge in [0.05, 0.1) is 18.5 Å². The average molecular weight is 226 g/mol. The molecule has 3 nitrogen and oxygen atoms in total. The lowest BCUT2D eigenvalue weighted by atomic mass is 10.2. The Morgan fingerprint density at radius 2 is 1.88 bits per heavy atom. The van der Waals surface area contributed by atoms with Gasteiger partial charge in [-0.25, -0.2) is 4.99 Å². The fourth-order valence-electron chi connectivity index (χ4n) is 1.54. The molecule has 0 amide bonds. The highest BCUT2D eigenvalue weighted by Crippen LogP contribution is 2.26. The van der Waals surface area contributed by atoms with Crippen LogP contribution >= 0.6 is 0 Å². The van der Waals surface area contributed by atoms with Crippen molar-refractivity contribution in [3.63, 3.8) is 0 Å². The third kappa shape index (κ3) is 2.69. The minimum atomic E-state index is 0.766. The molecule has 2 aromatic rings. The van der Waals surface area contributed by atoms with Crippen molar-refractivity contribution >= 4 is 11.4 Å². The lowest BCUT2D eigenvalue weighted by molar-refractivity contribution is 0.416. The fourth-order valence-corrected chi connectivity index (χ4v) is 1.54. The Labute approximate surface area is 101 Å². The molecule has 17 heavy (non-hydrogen) atoms. The van der Waals surface area contributed by atoms with Gasteiger partial charge < -0.3 is 4.74 Å². The van der Waals surface area contributed by atoms with E-state index in [4.69, 9.17) is 4.74 Å². The van der Waals surface area contributed by atoms with Crippen molar-refractivity contribution in [1.82, 2.24) is 4.98 Å². The van der Waals surface area contributed by atoms with Gasteiger partial charge in [0.25, 0.3) is 0 Å². The van der Waals surface area contributed by atoms with Crippen molar-refractivity contribution in [3.05, 3.63) is 54.4 Å². The molecule has 3 heteroatoms. The zero-order chi connectivity index (χ0) is 12.1. The van der Waals surface area contributed by atoms with Crippen molar-refractivity contribution in [1.29, 1.82) is 0 Å². The Morgan fingerprint density at radius 3 is 2.59 bits per heavy atom. The van der Waals surface area contributed by atoms with Gasteiger partial charge in [-0.1, -0.05) is 18.2 Å². The summed E-state index contributed by atoms with van der Waals surface area (Å²) in [5, 5.41) is 0. The van der Waals surface area contributed by atoms with Gasteiger partial charge in [-0.3, -0.25) is 4.98 Å². The fraction of sp³-hybridized carbons (Fsp3) is 0.143.